The van der Waals surface area contributed by atoms with Gasteiger partial charge in [-0.2, -0.15) is 0 Å². The third-order valence-electron chi connectivity index (χ3n) is 6.35. The van der Waals surface area contributed by atoms with Gasteiger partial charge < -0.3 is 19.7 Å². The highest BCUT2D eigenvalue weighted by molar-refractivity contribution is 5.79. The van der Waals surface area contributed by atoms with Crippen molar-refractivity contribution in [1.29, 1.82) is 0 Å². The molecule has 0 bridgehead atoms. The first-order valence-electron chi connectivity index (χ1n) is 10.5. The molecule has 1 aromatic heterocycles. The molecule has 2 atom stereocenters. The Morgan fingerprint density at radius 1 is 1.24 bits per heavy atom. The number of H-pyrrole nitrogens is 1. The second-order valence-electron chi connectivity index (χ2n) is 8.49. The van der Waals surface area contributed by atoms with Crippen LogP contribution in [0.25, 0.3) is 11.0 Å². The van der Waals surface area contributed by atoms with Crippen molar-refractivity contribution in [2.45, 2.75) is 39.0 Å². The average Bonchev–Trinajstić information content (AvgIpc) is 3.10. The van der Waals surface area contributed by atoms with E-state index in [1.807, 2.05) is 24.0 Å². The minimum atomic E-state index is -0.774. The maximum Gasteiger partial charge on any atom is 0.303 e. The van der Waals surface area contributed by atoms with Gasteiger partial charge in [-0.25, -0.2) is 4.98 Å². The van der Waals surface area contributed by atoms with Gasteiger partial charge in [0.05, 0.1) is 11.0 Å². The lowest BCUT2D eigenvalue weighted by Gasteiger charge is -2.40. The van der Waals surface area contributed by atoms with E-state index in [2.05, 4.69) is 11.1 Å². The number of aliphatic carboxylic acids is 1. The number of ether oxygens (including phenoxy) is 1. The number of aryl methyl sites for hydroxylation is 1. The summed E-state index contributed by atoms with van der Waals surface area (Å²) >= 11 is 0. The van der Waals surface area contributed by atoms with E-state index in [1.54, 1.807) is 0 Å². The molecule has 0 aliphatic carbocycles. The molecule has 2 N–H and O–H groups in total. The molecule has 3 heterocycles. The van der Waals surface area contributed by atoms with Crippen molar-refractivity contribution in [1.82, 2.24) is 14.9 Å². The molecule has 1 aromatic carbocycles. The lowest BCUT2D eigenvalue weighted by atomic mass is 9.80. The Balaban J connectivity index is 1.50. The van der Waals surface area contributed by atoms with Crippen molar-refractivity contribution in [3.8, 4) is 0 Å². The summed E-state index contributed by atoms with van der Waals surface area (Å²) in [6.07, 6.45) is 3.08. The molecule has 7 heteroatoms. The van der Waals surface area contributed by atoms with E-state index in [0.717, 1.165) is 36.1 Å². The monoisotopic (exact) mass is 399 g/mol. The van der Waals surface area contributed by atoms with Crippen LogP contribution in [0.3, 0.4) is 0 Å². The summed E-state index contributed by atoms with van der Waals surface area (Å²) in [5.41, 5.74) is 3.09. The molecule has 156 valence electrons. The molecule has 2 saturated heterocycles. The van der Waals surface area contributed by atoms with Crippen LogP contribution in [0, 0.1) is 24.7 Å². The van der Waals surface area contributed by atoms with Crippen LogP contribution in [0.4, 0.5) is 0 Å². The SMILES string of the molecule is Cc1ccc2nc(C[C@H]3CN(C(=O)C4CCOCC4)CC[C@H]3CC(=O)O)[nH]c2c1. The van der Waals surface area contributed by atoms with Gasteiger partial charge in [-0.05, 0) is 55.7 Å². The number of nitrogens with one attached hydrogen (secondary N) is 1. The fourth-order valence-corrected chi connectivity index (χ4v) is 4.73. The van der Waals surface area contributed by atoms with Crippen LogP contribution in [-0.2, 0) is 20.7 Å². The molecule has 29 heavy (non-hydrogen) atoms. The third kappa shape index (κ3) is 4.61. The number of fused-ring (bicyclic) bond motifs is 1. The number of amides is 1. The molecule has 2 fully saturated rings. The zero-order valence-electron chi connectivity index (χ0n) is 16.9. The van der Waals surface area contributed by atoms with Crippen LogP contribution in [0.15, 0.2) is 18.2 Å². The number of rotatable bonds is 5. The van der Waals surface area contributed by atoms with E-state index in [9.17, 15) is 14.7 Å². The van der Waals surface area contributed by atoms with Gasteiger partial charge >= 0.3 is 5.97 Å². The first-order valence-corrected chi connectivity index (χ1v) is 10.5. The average molecular weight is 399 g/mol. The van der Waals surface area contributed by atoms with Crippen molar-refractivity contribution in [2.75, 3.05) is 26.3 Å². The first kappa shape index (κ1) is 19.9. The summed E-state index contributed by atoms with van der Waals surface area (Å²) in [6, 6.07) is 6.11. The Hall–Kier alpha value is -2.41. The van der Waals surface area contributed by atoms with E-state index >= 15 is 0 Å². The van der Waals surface area contributed by atoms with Gasteiger partial charge in [-0.1, -0.05) is 6.07 Å². The second kappa shape index (κ2) is 8.53. The Labute approximate surface area is 170 Å². The molecule has 0 saturated carbocycles. The summed E-state index contributed by atoms with van der Waals surface area (Å²) in [7, 11) is 0. The van der Waals surface area contributed by atoms with E-state index in [1.165, 1.54) is 5.56 Å². The number of hydrogen-bond acceptors (Lipinski definition) is 4. The summed E-state index contributed by atoms with van der Waals surface area (Å²) < 4.78 is 5.39. The highest BCUT2D eigenvalue weighted by atomic mass is 16.5. The Morgan fingerprint density at radius 3 is 2.79 bits per heavy atom. The predicted molar refractivity (Wildman–Crippen MR) is 109 cm³/mol. The number of carbonyl (C=O) groups is 2. The predicted octanol–water partition coefficient (Wildman–Crippen LogP) is 2.78. The number of hydrogen-bond donors (Lipinski definition) is 2. The van der Waals surface area contributed by atoms with Crippen molar-refractivity contribution in [3.05, 3.63) is 29.6 Å². The number of aromatic amines is 1. The van der Waals surface area contributed by atoms with Crippen LogP contribution < -0.4 is 0 Å². The normalized spacial score (nSPS) is 23.4. The number of nitrogens with zero attached hydrogens (tertiary/aromatic N) is 2. The van der Waals surface area contributed by atoms with Crippen molar-refractivity contribution >= 4 is 22.9 Å². The third-order valence-corrected chi connectivity index (χ3v) is 6.35. The maximum absolute atomic E-state index is 13.0. The van der Waals surface area contributed by atoms with Crippen LogP contribution >= 0.6 is 0 Å². The molecule has 0 radical (unpaired) electrons. The number of carbonyl (C=O) groups excluding carboxylic acids is 1. The minimum absolute atomic E-state index is 0.0367. The van der Waals surface area contributed by atoms with E-state index in [0.29, 0.717) is 32.7 Å². The molecule has 2 aliphatic heterocycles. The number of likely N-dealkylation sites (tertiary alicyclic amines) is 1. The largest absolute Gasteiger partial charge is 0.481 e. The Bertz CT molecular complexity index is 887. The molecule has 1 amide bonds. The van der Waals surface area contributed by atoms with Crippen molar-refractivity contribution in [2.24, 2.45) is 17.8 Å². The lowest BCUT2D eigenvalue weighted by molar-refractivity contribution is -0.142. The molecule has 0 spiro atoms. The van der Waals surface area contributed by atoms with Crippen LogP contribution in [0.1, 0.15) is 37.1 Å². The number of carboxylic acid groups (broad SMARTS) is 1. The fraction of sp³-hybridized carbons (Fsp3) is 0.591. The number of aromatic nitrogens is 2. The molecule has 4 rings (SSSR count). The van der Waals surface area contributed by atoms with Gasteiger partial charge in [0.25, 0.3) is 0 Å². The molecule has 2 aromatic rings. The Kier molecular flexibility index (Phi) is 5.85. The highest BCUT2D eigenvalue weighted by Crippen LogP contribution is 2.31. The van der Waals surface area contributed by atoms with Crippen LogP contribution in [-0.4, -0.2) is 58.2 Å². The smallest absolute Gasteiger partial charge is 0.303 e. The van der Waals surface area contributed by atoms with Gasteiger partial charge in [0.15, 0.2) is 0 Å². The minimum Gasteiger partial charge on any atom is -0.481 e. The zero-order chi connectivity index (χ0) is 20.4. The van der Waals surface area contributed by atoms with Crippen LogP contribution in [0.5, 0.6) is 0 Å². The fourth-order valence-electron chi connectivity index (χ4n) is 4.73. The highest BCUT2D eigenvalue weighted by Gasteiger charge is 2.35. The van der Waals surface area contributed by atoms with E-state index < -0.39 is 5.97 Å². The van der Waals surface area contributed by atoms with Crippen molar-refractivity contribution < 1.29 is 19.4 Å². The Morgan fingerprint density at radius 2 is 2.03 bits per heavy atom. The summed E-state index contributed by atoms with van der Waals surface area (Å²) in [4.78, 5) is 34.4. The quantitative estimate of drug-likeness (QED) is 0.806. The van der Waals surface area contributed by atoms with Crippen molar-refractivity contribution in [3.63, 3.8) is 0 Å². The van der Waals surface area contributed by atoms with Gasteiger partial charge in [0.1, 0.15) is 5.82 Å². The summed E-state index contributed by atoms with van der Waals surface area (Å²) in [6.45, 7) is 4.58. The standard InChI is InChI=1S/C22H29N3O4/c1-14-2-3-18-19(10-14)24-20(23-18)11-17-13-25(7-4-16(17)12-21(26)27)22(28)15-5-8-29-9-6-15/h2-3,10,15-17H,4-9,11-13H2,1H3,(H,23,24)(H,26,27)/t16-,17-/m0/s1. The second-order valence-corrected chi connectivity index (χ2v) is 8.49. The number of imidazole rings is 1. The number of piperidine rings is 1. The lowest BCUT2D eigenvalue weighted by Crippen LogP contribution is -2.48. The number of benzene rings is 1. The number of carboxylic acids is 1. The van der Waals surface area contributed by atoms with Gasteiger partial charge in [0.2, 0.25) is 5.91 Å². The van der Waals surface area contributed by atoms with E-state index in [4.69, 9.17) is 9.72 Å². The molecule has 7 nitrogen and oxygen atoms in total. The maximum atomic E-state index is 13.0. The molecular formula is C22H29N3O4. The van der Waals surface area contributed by atoms with Gasteiger partial charge in [0, 0.05) is 45.1 Å². The topological polar surface area (TPSA) is 95.5 Å². The van der Waals surface area contributed by atoms with E-state index in [-0.39, 0.29) is 30.1 Å². The summed E-state index contributed by atoms with van der Waals surface area (Å²) in [5.74, 6) is 0.476. The van der Waals surface area contributed by atoms with Gasteiger partial charge in [-0.3, -0.25) is 9.59 Å². The van der Waals surface area contributed by atoms with Gasteiger partial charge in [-0.15, -0.1) is 0 Å². The molecule has 2 aliphatic rings. The molecule has 0 unspecified atom stereocenters. The summed E-state index contributed by atoms with van der Waals surface area (Å²) in [5, 5.41) is 9.36. The zero-order valence-corrected chi connectivity index (χ0v) is 16.9. The van der Waals surface area contributed by atoms with Crippen LogP contribution in [0.2, 0.25) is 0 Å². The molecular weight excluding hydrogens is 370 g/mol. The first-order chi connectivity index (χ1) is 14.0.